The van der Waals surface area contributed by atoms with E-state index in [2.05, 4.69) is 16.7 Å². The molecule has 0 spiro atoms. The van der Waals surface area contributed by atoms with Crippen LogP contribution in [0.15, 0.2) is 28.5 Å². The molecule has 4 heterocycles. The average Bonchev–Trinajstić information content (AvgIpc) is 3.18. The van der Waals surface area contributed by atoms with E-state index in [1.165, 1.54) is 21.2 Å². The highest BCUT2D eigenvalue weighted by Crippen LogP contribution is 2.33. The summed E-state index contributed by atoms with van der Waals surface area (Å²) in [5, 5.41) is 2.16. The maximum absolute atomic E-state index is 12.9. The highest BCUT2D eigenvalue weighted by atomic mass is 32.1. The molecule has 3 aromatic heterocycles. The van der Waals surface area contributed by atoms with Crippen LogP contribution in [0.2, 0.25) is 0 Å². The summed E-state index contributed by atoms with van der Waals surface area (Å²) >= 11 is 1.72. The summed E-state index contributed by atoms with van der Waals surface area (Å²) in [7, 11) is 1.67. The first-order valence-corrected chi connectivity index (χ1v) is 9.72. The molecule has 26 heavy (non-hydrogen) atoms. The normalized spacial score (nSPS) is 17.8. The Balaban J connectivity index is 1.61. The van der Waals surface area contributed by atoms with Crippen molar-refractivity contribution in [3.05, 3.63) is 56.8 Å². The summed E-state index contributed by atoms with van der Waals surface area (Å²) in [5.74, 6) is 1.25. The molecule has 1 aliphatic rings. The summed E-state index contributed by atoms with van der Waals surface area (Å²) in [6.45, 7) is 5.55. The number of likely N-dealkylation sites (tertiary alicyclic amines) is 1. The van der Waals surface area contributed by atoms with E-state index in [-0.39, 0.29) is 17.4 Å². The number of piperidine rings is 1. The van der Waals surface area contributed by atoms with Crippen molar-refractivity contribution < 1.29 is 4.79 Å². The minimum atomic E-state index is -0.109. The first-order chi connectivity index (χ1) is 12.5. The Bertz CT molecular complexity index is 1050. The third kappa shape index (κ3) is 2.76. The van der Waals surface area contributed by atoms with Gasteiger partial charge in [0.05, 0.1) is 11.3 Å². The second-order valence-electron chi connectivity index (χ2n) is 7.02. The molecule has 3 aromatic rings. The molecular formula is C19H22N4O2S. The molecule has 0 radical (unpaired) electrons. The van der Waals surface area contributed by atoms with Crippen molar-refractivity contribution in [1.29, 1.82) is 0 Å². The molecule has 4 rings (SSSR count). The molecule has 1 fully saturated rings. The zero-order valence-electron chi connectivity index (χ0n) is 15.2. The molecule has 0 aliphatic carbocycles. The number of carbonyl (C=O) groups is 1. The molecule has 7 heteroatoms. The second-order valence-corrected chi connectivity index (χ2v) is 7.88. The monoisotopic (exact) mass is 370 g/mol. The topological polar surface area (TPSA) is 59.6 Å². The lowest BCUT2D eigenvalue weighted by molar-refractivity contribution is 0.0705. The molecule has 1 saturated heterocycles. The highest BCUT2D eigenvalue weighted by molar-refractivity contribution is 7.15. The number of fused-ring (bicyclic) bond motifs is 1. The number of hydrogen-bond donors (Lipinski definition) is 0. The molecule has 6 nitrogen and oxygen atoms in total. The van der Waals surface area contributed by atoms with E-state index >= 15 is 0 Å². The molecule has 136 valence electrons. The van der Waals surface area contributed by atoms with Gasteiger partial charge in [-0.1, -0.05) is 0 Å². The van der Waals surface area contributed by atoms with Gasteiger partial charge in [0.15, 0.2) is 0 Å². The quantitative estimate of drug-likeness (QED) is 0.697. The number of amides is 1. The van der Waals surface area contributed by atoms with Crippen LogP contribution in [0, 0.1) is 13.8 Å². The Hall–Kier alpha value is -2.41. The first kappa shape index (κ1) is 17.0. The van der Waals surface area contributed by atoms with Gasteiger partial charge >= 0.3 is 0 Å². The number of aryl methyl sites for hydroxylation is 3. The fourth-order valence-electron chi connectivity index (χ4n) is 3.81. The molecule has 0 aromatic carbocycles. The maximum Gasteiger partial charge on any atom is 0.255 e. The van der Waals surface area contributed by atoms with E-state index in [1.807, 2.05) is 11.8 Å². The van der Waals surface area contributed by atoms with Gasteiger partial charge in [-0.2, -0.15) is 0 Å². The molecule has 0 N–H and O–H groups in total. The number of imidazole rings is 1. The van der Waals surface area contributed by atoms with E-state index in [9.17, 15) is 9.59 Å². The van der Waals surface area contributed by atoms with Gasteiger partial charge in [-0.15, -0.1) is 11.3 Å². The zero-order chi connectivity index (χ0) is 18.4. The summed E-state index contributed by atoms with van der Waals surface area (Å²) in [5.41, 5.74) is 2.77. The minimum absolute atomic E-state index is 0.0140. The number of nitrogens with zero attached hydrogens (tertiary/aromatic N) is 4. The maximum atomic E-state index is 12.9. The molecule has 1 unspecified atom stereocenters. The van der Waals surface area contributed by atoms with Crippen LogP contribution < -0.4 is 5.56 Å². The van der Waals surface area contributed by atoms with E-state index < -0.39 is 0 Å². The molecular weight excluding hydrogens is 348 g/mol. The molecule has 1 aliphatic heterocycles. The number of pyridine rings is 1. The van der Waals surface area contributed by atoms with E-state index in [1.54, 1.807) is 30.6 Å². The highest BCUT2D eigenvalue weighted by Gasteiger charge is 2.29. The van der Waals surface area contributed by atoms with Crippen LogP contribution in [0.3, 0.4) is 0 Å². The number of hydrogen-bond acceptors (Lipinski definition) is 4. The Kier molecular flexibility index (Phi) is 4.19. The van der Waals surface area contributed by atoms with Crippen LogP contribution in [0.5, 0.6) is 0 Å². The van der Waals surface area contributed by atoms with Crippen LogP contribution >= 0.6 is 11.3 Å². The molecule has 0 bridgehead atoms. The van der Waals surface area contributed by atoms with Crippen LogP contribution in [0.25, 0.3) is 4.83 Å². The number of aromatic nitrogens is 3. The minimum Gasteiger partial charge on any atom is -0.338 e. The Morgan fingerprint density at radius 2 is 2.12 bits per heavy atom. The fourth-order valence-corrected chi connectivity index (χ4v) is 4.91. The Labute approximate surface area is 155 Å². The number of thiazole rings is 1. The summed E-state index contributed by atoms with van der Waals surface area (Å²) in [4.78, 5) is 32.4. The van der Waals surface area contributed by atoms with Crippen molar-refractivity contribution in [2.75, 3.05) is 13.1 Å². The largest absolute Gasteiger partial charge is 0.338 e. The van der Waals surface area contributed by atoms with Gasteiger partial charge in [0.2, 0.25) is 5.56 Å². The molecule has 0 saturated carbocycles. The van der Waals surface area contributed by atoms with Crippen LogP contribution in [-0.4, -0.2) is 37.8 Å². The van der Waals surface area contributed by atoms with Gasteiger partial charge < -0.3 is 9.47 Å². The third-order valence-electron chi connectivity index (χ3n) is 5.15. The number of rotatable bonds is 2. The van der Waals surface area contributed by atoms with Crippen molar-refractivity contribution in [2.24, 2.45) is 7.05 Å². The van der Waals surface area contributed by atoms with Gasteiger partial charge in [0.25, 0.3) is 5.91 Å². The van der Waals surface area contributed by atoms with Gasteiger partial charge in [0.1, 0.15) is 10.7 Å². The summed E-state index contributed by atoms with van der Waals surface area (Å²) in [6, 6.07) is 3.07. The molecule has 1 amide bonds. The van der Waals surface area contributed by atoms with Crippen molar-refractivity contribution in [3.63, 3.8) is 0 Å². The lowest BCUT2D eigenvalue weighted by atomic mass is 9.95. The van der Waals surface area contributed by atoms with Crippen molar-refractivity contribution in [3.8, 4) is 0 Å². The fraction of sp³-hybridized carbons (Fsp3) is 0.421. The van der Waals surface area contributed by atoms with Crippen molar-refractivity contribution in [1.82, 2.24) is 18.9 Å². The Morgan fingerprint density at radius 3 is 2.88 bits per heavy atom. The van der Waals surface area contributed by atoms with Crippen LogP contribution in [-0.2, 0) is 7.05 Å². The van der Waals surface area contributed by atoms with Crippen LogP contribution in [0.4, 0.5) is 0 Å². The summed E-state index contributed by atoms with van der Waals surface area (Å²) in [6.07, 6.45) is 3.63. The van der Waals surface area contributed by atoms with Gasteiger partial charge in [0, 0.05) is 49.4 Å². The lowest BCUT2D eigenvalue weighted by Crippen LogP contribution is -2.39. The number of carbonyl (C=O) groups excluding carboxylic acids is 1. The third-order valence-corrected chi connectivity index (χ3v) is 6.22. The van der Waals surface area contributed by atoms with Crippen molar-refractivity contribution >= 4 is 22.1 Å². The van der Waals surface area contributed by atoms with E-state index in [0.29, 0.717) is 12.1 Å². The van der Waals surface area contributed by atoms with Gasteiger partial charge in [-0.25, -0.2) is 4.98 Å². The zero-order valence-corrected chi connectivity index (χ0v) is 16.0. The van der Waals surface area contributed by atoms with E-state index in [4.69, 9.17) is 4.98 Å². The standard InChI is InChI=1S/C19H22N4O2S/c1-12-11-26-19-17(20-13(2)23(12)19)14-5-4-8-22(10-14)18(25)15-6-7-16(24)21(3)9-15/h6-7,9,11,14H,4-5,8,10H2,1-3H3. The van der Waals surface area contributed by atoms with E-state index in [0.717, 1.165) is 30.9 Å². The van der Waals surface area contributed by atoms with Crippen LogP contribution in [0.1, 0.15) is 46.3 Å². The summed E-state index contributed by atoms with van der Waals surface area (Å²) < 4.78 is 3.65. The average molecular weight is 370 g/mol. The SMILES string of the molecule is Cc1csc2c(C3CCCN(C(=O)c4ccc(=O)n(C)c4)C3)nc(C)n12. The first-order valence-electron chi connectivity index (χ1n) is 8.84. The van der Waals surface area contributed by atoms with Gasteiger partial charge in [-0.05, 0) is 32.8 Å². The molecule has 1 atom stereocenters. The lowest BCUT2D eigenvalue weighted by Gasteiger charge is -2.32. The predicted molar refractivity (Wildman–Crippen MR) is 102 cm³/mol. The van der Waals surface area contributed by atoms with Crippen molar-refractivity contribution in [2.45, 2.75) is 32.6 Å². The predicted octanol–water partition coefficient (Wildman–Crippen LogP) is 2.73. The van der Waals surface area contributed by atoms with Gasteiger partial charge in [-0.3, -0.25) is 14.0 Å². The smallest absolute Gasteiger partial charge is 0.255 e. The second kappa shape index (κ2) is 6.39. The Morgan fingerprint density at radius 1 is 1.31 bits per heavy atom.